The first-order valence-electron chi connectivity index (χ1n) is 5.01. The van der Waals surface area contributed by atoms with Crippen LogP contribution in [-0.2, 0) is 4.79 Å². The molecule has 0 aliphatic carbocycles. The molecule has 1 aromatic rings. The van der Waals surface area contributed by atoms with E-state index in [0.29, 0.717) is 11.4 Å². The van der Waals surface area contributed by atoms with Crippen molar-refractivity contribution in [3.05, 3.63) is 36.4 Å². The SMILES string of the molecule is C=C(NN)c1ccc(O[C@H](C)C(=O)NN)cc1. The van der Waals surface area contributed by atoms with Gasteiger partial charge in [-0.15, -0.1) is 0 Å². The Hall–Kier alpha value is -2.05. The van der Waals surface area contributed by atoms with Crippen LogP contribution >= 0.6 is 0 Å². The second kappa shape index (κ2) is 5.88. The molecule has 0 aromatic heterocycles. The maximum Gasteiger partial charge on any atom is 0.274 e. The molecule has 0 aliphatic rings. The standard InChI is InChI=1S/C11H16N4O2/c1-7(14-12)9-3-5-10(6-4-9)17-8(2)11(16)15-13/h3-6,8,14H,1,12-13H2,2H3,(H,15,16)/t8-/m1/s1. The molecule has 92 valence electrons. The van der Waals surface area contributed by atoms with Crippen molar-refractivity contribution in [3.63, 3.8) is 0 Å². The molecule has 0 aliphatic heterocycles. The predicted octanol–water partition coefficient (Wildman–Crippen LogP) is -0.122. The Labute approximate surface area is 99.6 Å². The highest BCUT2D eigenvalue weighted by Crippen LogP contribution is 2.16. The Balaban J connectivity index is 2.68. The minimum Gasteiger partial charge on any atom is -0.481 e. The summed E-state index contributed by atoms with van der Waals surface area (Å²) in [5.74, 6) is 10.4. The molecule has 1 amide bonds. The lowest BCUT2D eigenvalue weighted by Gasteiger charge is -2.13. The Bertz CT molecular complexity index is 402. The molecule has 0 unspecified atom stereocenters. The predicted molar refractivity (Wildman–Crippen MR) is 65.2 cm³/mol. The van der Waals surface area contributed by atoms with Gasteiger partial charge in [0, 0.05) is 5.70 Å². The molecule has 1 aromatic carbocycles. The minimum atomic E-state index is -0.651. The molecule has 1 rings (SSSR count). The Morgan fingerprint density at radius 3 is 2.35 bits per heavy atom. The molecule has 0 spiro atoms. The summed E-state index contributed by atoms with van der Waals surface area (Å²) < 4.78 is 5.36. The van der Waals surface area contributed by atoms with Gasteiger partial charge in [0.25, 0.3) is 5.91 Å². The molecular formula is C11H16N4O2. The Kier molecular flexibility index (Phi) is 4.50. The van der Waals surface area contributed by atoms with Gasteiger partial charge in [-0.3, -0.25) is 16.1 Å². The summed E-state index contributed by atoms with van der Waals surface area (Å²) in [6.07, 6.45) is -0.651. The zero-order valence-corrected chi connectivity index (χ0v) is 9.57. The lowest BCUT2D eigenvalue weighted by Crippen LogP contribution is -2.40. The van der Waals surface area contributed by atoms with Crippen LogP contribution in [0.5, 0.6) is 5.75 Å². The molecule has 17 heavy (non-hydrogen) atoms. The van der Waals surface area contributed by atoms with E-state index in [9.17, 15) is 4.79 Å². The third-order valence-corrected chi connectivity index (χ3v) is 2.20. The zero-order chi connectivity index (χ0) is 12.8. The molecule has 0 saturated carbocycles. The number of amides is 1. The maximum atomic E-state index is 11.1. The Morgan fingerprint density at radius 1 is 1.29 bits per heavy atom. The number of carbonyl (C=O) groups excluding carboxylic acids is 1. The van der Waals surface area contributed by atoms with Gasteiger partial charge in [0.15, 0.2) is 6.10 Å². The average Bonchev–Trinajstić information content (AvgIpc) is 2.37. The molecule has 1 atom stereocenters. The number of rotatable bonds is 5. The van der Waals surface area contributed by atoms with Crippen molar-refractivity contribution in [3.8, 4) is 5.75 Å². The second-order valence-electron chi connectivity index (χ2n) is 3.42. The third kappa shape index (κ3) is 3.47. The van der Waals surface area contributed by atoms with Crippen molar-refractivity contribution < 1.29 is 9.53 Å². The van der Waals surface area contributed by atoms with Gasteiger partial charge in [0.1, 0.15) is 5.75 Å². The molecule has 6 heteroatoms. The van der Waals surface area contributed by atoms with E-state index in [1.54, 1.807) is 31.2 Å². The highest BCUT2D eigenvalue weighted by atomic mass is 16.5. The molecule has 6 N–H and O–H groups in total. The fourth-order valence-corrected chi connectivity index (χ4v) is 1.19. The van der Waals surface area contributed by atoms with Crippen LogP contribution in [0.3, 0.4) is 0 Å². The lowest BCUT2D eigenvalue weighted by molar-refractivity contribution is -0.127. The number of nitrogens with one attached hydrogen (secondary N) is 2. The number of hydrazine groups is 2. The van der Waals surface area contributed by atoms with Gasteiger partial charge in [0.2, 0.25) is 0 Å². The van der Waals surface area contributed by atoms with E-state index >= 15 is 0 Å². The topological polar surface area (TPSA) is 102 Å². The van der Waals surface area contributed by atoms with Gasteiger partial charge in [-0.2, -0.15) is 0 Å². The number of hydrogen-bond acceptors (Lipinski definition) is 5. The summed E-state index contributed by atoms with van der Waals surface area (Å²) in [7, 11) is 0. The summed E-state index contributed by atoms with van der Waals surface area (Å²) in [5.41, 5.74) is 5.92. The first-order valence-corrected chi connectivity index (χ1v) is 5.01. The highest BCUT2D eigenvalue weighted by molar-refractivity contribution is 5.80. The smallest absolute Gasteiger partial charge is 0.274 e. The van der Waals surface area contributed by atoms with E-state index in [2.05, 4.69) is 12.0 Å². The molecule has 6 nitrogen and oxygen atoms in total. The van der Waals surface area contributed by atoms with Crippen LogP contribution in [0.15, 0.2) is 30.8 Å². The van der Waals surface area contributed by atoms with Crippen LogP contribution in [0.25, 0.3) is 5.70 Å². The number of ether oxygens (including phenoxy) is 1. The van der Waals surface area contributed by atoms with Crippen LogP contribution in [0, 0.1) is 0 Å². The van der Waals surface area contributed by atoms with Crippen LogP contribution in [0.2, 0.25) is 0 Å². The van der Waals surface area contributed by atoms with Crippen LogP contribution < -0.4 is 27.3 Å². The molecule has 0 fully saturated rings. The third-order valence-electron chi connectivity index (χ3n) is 2.20. The van der Waals surface area contributed by atoms with E-state index < -0.39 is 6.10 Å². The average molecular weight is 236 g/mol. The summed E-state index contributed by atoms with van der Waals surface area (Å²) in [5, 5.41) is 0. The summed E-state index contributed by atoms with van der Waals surface area (Å²) in [6, 6.07) is 7.01. The van der Waals surface area contributed by atoms with Gasteiger partial charge in [-0.25, -0.2) is 5.84 Å². The molecular weight excluding hydrogens is 220 g/mol. The van der Waals surface area contributed by atoms with Crippen molar-refractivity contribution >= 4 is 11.6 Å². The highest BCUT2D eigenvalue weighted by Gasteiger charge is 2.12. The molecule has 0 saturated heterocycles. The van der Waals surface area contributed by atoms with E-state index in [0.717, 1.165) is 5.56 Å². The normalized spacial score (nSPS) is 11.5. The number of carbonyl (C=O) groups is 1. The van der Waals surface area contributed by atoms with Crippen molar-refractivity contribution in [2.24, 2.45) is 11.7 Å². The first kappa shape index (κ1) is 13.0. The van der Waals surface area contributed by atoms with Crippen LogP contribution in [0.1, 0.15) is 12.5 Å². The largest absolute Gasteiger partial charge is 0.481 e. The van der Waals surface area contributed by atoms with E-state index in [-0.39, 0.29) is 5.91 Å². The van der Waals surface area contributed by atoms with Gasteiger partial charge in [0.05, 0.1) is 0 Å². The minimum absolute atomic E-state index is 0.387. The van der Waals surface area contributed by atoms with Crippen molar-refractivity contribution in [1.29, 1.82) is 0 Å². The monoisotopic (exact) mass is 236 g/mol. The fourth-order valence-electron chi connectivity index (χ4n) is 1.19. The van der Waals surface area contributed by atoms with Gasteiger partial charge < -0.3 is 10.2 Å². The second-order valence-corrected chi connectivity index (χ2v) is 3.42. The van der Waals surface area contributed by atoms with Crippen molar-refractivity contribution in [2.45, 2.75) is 13.0 Å². The first-order chi connectivity index (χ1) is 8.08. The van der Waals surface area contributed by atoms with Gasteiger partial charge >= 0.3 is 0 Å². The van der Waals surface area contributed by atoms with Crippen molar-refractivity contribution in [2.75, 3.05) is 0 Å². The Morgan fingerprint density at radius 2 is 1.88 bits per heavy atom. The zero-order valence-electron chi connectivity index (χ0n) is 9.57. The van der Waals surface area contributed by atoms with Crippen molar-refractivity contribution in [1.82, 2.24) is 10.9 Å². The van der Waals surface area contributed by atoms with Gasteiger partial charge in [-0.05, 0) is 36.8 Å². The van der Waals surface area contributed by atoms with E-state index in [1.807, 2.05) is 5.43 Å². The van der Waals surface area contributed by atoms with Crippen LogP contribution in [0.4, 0.5) is 0 Å². The molecule has 0 radical (unpaired) electrons. The maximum absolute atomic E-state index is 11.1. The van der Waals surface area contributed by atoms with E-state index in [1.165, 1.54) is 0 Å². The lowest BCUT2D eigenvalue weighted by atomic mass is 10.2. The fraction of sp³-hybridized carbons (Fsp3) is 0.182. The number of nitrogens with two attached hydrogens (primary N) is 2. The molecule has 0 bridgehead atoms. The van der Waals surface area contributed by atoms with Gasteiger partial charge in [-0.1, -0.05) is 6.58 Å². The number of benzene rings is 1. The summed E-state index contributed by atoms with van der Waals surface area (Å²) in [6.45, 7) is 5.33. The quantitative estimate of drug-likeness (QED) is 0.324. The molecule has 0 heterocycles. The summed E-state index contributed by atoms with van der Waals surface area (Å²) in [4.78, 5) is 11.1. The van der Waals surface area contributed by atoms with Crippen LogP contribution in [-0.4, -0.2) is 12.0 Å². The van der Waals surface area contributed by atoms with E-state index in [4.69, 9.17) is 16.4 Å². The number of hydrogen-bond donors (Lipinski definition) is 4. The summed E-state index contributed by atoms with van der Waals surface area (Å²) >= 11 is 0.